The Morgan fingerprint density at radius 3 is 2.85 bits per heavy atom. The topological polar surface area (TPSA) is 68.2 Å². The fourth-order valence-electron chi connectivity index (χ4n) is 2.54. The van der Waals surface area contributed by atoms with Gasteiger partial charge in [-0.15, -0.1) is 0 Å². The normalized spacial score (nSPS) is 18.2. The first-order valence-corrected chi connectivity index (χ1v) is 7.28. The summed E-state index contributed by atoms with van der Waals surface area (Å²) in [7, 11) is 0. The number of aryl methyl sites for hydroxylation is 2. The van der Waals surface area contributed by atoms with E-state index in [1.807, 2.05) is 18.5 Å². The minimum absolute atomic E-state index is 0.149. The van der Waals surface area contributed by atoms with Crippen molar-refractivity contribution in [1.82, 2.24) is 20.4 Å². The predicted octanol–water partition coefficient (Wildman–Crippen LogP) is 1.50. The van der Waals surface area contributed by atoms with Crippen LogP contribution in [-0.4, -0.2) is 35.1 Å². The van der Waals surface area contributed by atoms with Crippen molar-refractivity contribution in [2.24, 2.45) is 0 Å². The van der Waals surface area contributed by atoms with Gasteiger partial charge in [-0.3, -0.25) is 4.68 Å². The van der Waals surface area contributed by atoms with Gasteiger partial charge in [0.05, 0.1) is 11.8 Å². The molecule has 0 saturated carbocycles. The van der Waals surface area contributed by atoms with E-state index >= 15 is 0 Å². The fourth-order valence-corrected chi connectivity index (χ4v) is 2.54. The molecule has 2 heterocycles. The summed E-state index contributed by atoms with van der Waals surface area (Å²) >= 11 is 0. The molecule has 6 heteroatoms. The smallest absolute Gasteiger partial charge is 0.315 e. The molecule has 0 bridgehead atoms. The van der Waals surface area contributed by atoms with Crippen LogP contribution in [0.2, 0.25) is 0 Å². The molecule has 1 saturated heterocycles. The van der Waals surface area contributed by atoms with Crippen molar-refractivity contribution < 1.29 is 9.53 Å². The highest BCUT2D eigenvalue weighted by Gasteiger charge is 2.16. The zero-order valence-electron chi connectivity index (χ0n) is 12.5. The lowest BCUT2D eigenvalue weighted by Crippen LogP contribution is -2.39. The predicted molar refractivity (Wildman–Crippen MR) is 76.6 cm³/mol. The molecule has 0 radical (unpaired) electrons. The summed E-state index contributed by atoms with van der Waals surface area (Å²) in [6.07, 6.45) is 2.29. The van der Waals surface area contributed by atoms with Gasteiger partial charge < -0.3 is 15.4 Å². The second kappa shape index (κ2) is 6.74. The van der Waals surface area contributed by atoms with Gasteiger partial charge in [0.15, 0.2) is 0 Å². The highest BCUT2D eigenvalue weighted by Crippen LogP contribution is 2.12. The largest absolute Gasteiger partial charge is 0.376 e. The zero-order chi connectivity index (χ0) is 14.5. The van der Waals surface area contributed by atoms with Crippen molar-refractivity contribution in [1.29, 1.82) is 0 Å². The monoisotopic (exact) mass is 280 g/mol. The molecule has 1 fully saturated rings. The Morgan fingerprint density at radius 2 is 2.25 bits per heavy atom. The van der Waals surface area contributed by atoms with E-state index in [4.69, 9.17) is 4.74 Å². The molecule has 1 unspecified atom stereocenters. The van der Waals surface area contributed by atoms with Crippen LogP contribution in [0.25, 0.3) is 0 Å². The van der Waals surface area contributed by atoms with Crippen molar-refractivity contribution in [2.75, 3.05) is 13.2 Å². The number of rotatable bonds is 5. The minimum Gasteiger partial charge on any atom is -0.376 e. The number of nitrogens with zero attached hydrogens (tertiary/aromatic N) is 2. The van der Waals surface area contributed by atoms with E-state index in [-0.39, 0.29) is 12.1 Å². The molecule has 2 amide bonds. The maximum Gasteiger partial charge on any atom is 0.315 e. The van der Waals surface area contributed by atoms with Crippen molar-refractivity contribution in [3.8, 4) is 0 Å². The summed E-state index contributed by atoms with van der Waals surface area (Å²) in [5.74, 6) is 0. The van der Waals surface area contributed by atoms with Crippen molar-refractivity contribution in [3.05, 3.63) is 17.0 Å². The quantitative estimate of drug-likeness (QED) is 0.859. The summed E-state index contributed by atoms with van der Waals surface area (Å²) in [4.78, 5) is 11.8. The highest BCUT2D eigenvalue weighted by molar-refractivity contribution is 5.73. The molecule has 2 rings (SSSR count). The van der Waals surface area contributed by atoms with Crippen LogP contribution < -0.4 is 10.6 Å². The number of ether oxygens (including phenoxy) is 1. The molecular formula is C14H24N4O2. The third-order valence-electron chi connectivity index (χ3n) is 3.77. The third kappa shape index (κ3) is 3.50. The highest BCUT2D eigenvalue weighted by atomic mass is 16.5. The first kappa shape index (κ1) is 14.8. The van der Waals surface area contributed by atoms with Crippen molar-refractivity contribution in [3.63, 3.8) is 0 Å². The lowest BCUT2D eigenvalue weighted by atomic mass is 10.2. The molecule has 1 aliphatic rings. The Morgan fingerprint density at radius 1 is 1.45 bits per heavy atom. The molecule has 1 aromatic rings. The molecule has 2 N–H and O–H groups in total. The summed E-state index contributed by atoms with van der Waals surface area (Å²) in [5.41, 5.74) is 3.19. The van der Waals surface area contributed by atoms with Crippen LogP contribution in [0.15, 0.2) is 0 Å². The maximum absolute atomic E-state index is 11.8. The van der Waals surface area contributed by atoms with Crippen LogP contribution >= 0.6 is 0 Å². The number of nitrogens with one attached hydrogen (secondary N) is 2. The number of urea groups is 1. The standard InChI is InChI=1S/C14H24N4O2/c1-4-18-11(3)13(10(2)17-18)9-16-14(19)15-8-12-6-5-7-20-12/h12H,4-9H2,1-3H3,(H2,15,16,19). The van der Waals surface area contributed by atoms with Gasteiger partial charge >= 0.3 is 6.03 Å². The van der Waals surface area contributed by atoms with Gasteiger partial charge in [-0.05, 0) is 33.6 Å². The van der Waals surface area contributed by atoms with Crippen LogP contribution in [-0.2, 0) is 17.8 Å². The summed E-state index contributed by atoms with van der Waals surface area (Å²) < 4.78 is 7.42. The lowest BCUT2D eigenvalue weighted by molar-refractivity contribution is 0.111. The number of carbonyl (C=O) groups excluding carboxylic acids is 1. The first-order valence-electron chi connectivity index (χ1n) is 7.28. The Hall–Kier alpha value is -1.56. The van der Waals surface area contributed by atoms with Gasteiger partial charge in [-0.1, -0.05) is 0 Å². The van der Waals surface area contributed by atoms with Gasteiger partial charge in [0.25, 0.3) is 0 Å². The van der Waals surface area contributed by atoms with E-state index in [2.05, 4.69) is 22.7 Å². The van der Waals surface area contributed by atoms with E-state index in [9.17, 15) is 4.79 Å². The van der Waals surface area contributed by atoms with E-state index in [0.29, 0.717) is 13.1 Å². The second-order valence-corrected chi connectivity index (χ2v) is 5.16. The van der Waals surface area contributed by atoms with E-state index in [1.165, 1.54) is 0 Å². The van der Waals surface area contributed by atoms with Gasteiger partial charge in [-0.2, -0.15) is 5.10 Å². The van der Waals surface area contributed by atoms with E-state index < -0.39 is 0 Å². The molecule has 0 aromatic carbocycles. The molecule has 112 valence electrons. The van der Waals surface area contributed by atoms with E-state index in [1.54, 1.807) is 0 Å². The van der Waals surface area contributed by atoms with Gasteiger partial charge in [0.2, 0.25) is 0 Å². The minimum atomic E-state index is -0.149. The average Bonchev–Trinajstić information content (AvgIpc) is 3.03. The maximum atomic E-state index is 11.8. The Bertz CT molecular complexity index is 464. The lowest BCUT2D eigenvalue weighted by Gasteiger charge is -2.12. The molecule has 1 aliphatic heterocycles. The molecule has 1 aromatic heterocycles. The Balaban J connectivity index is 1.79. The van der Waals surface area contributed by atoms with Crippen LogP contribution in [0.5, 0.6) is 0 Å². The van der Waals surface area contributed by atoms with Crippen LogP contribution in [0.3, 0.4) is 0 Å². The fraction of sp³-hybridized carbons (Fsp3) is 0.714. The summed E-state index contributed by atoms with van der Waals surface area (Å²) in [6, 6.07) is -0.149. The molecule has 20 heavy (non-hydrogen) atoms. The average molecular weight is 280 g/mol. The molecule has 0 aliphatic carbocycles. The van der Waals surface area contributed by atoms with Crippen molar-refractivity contribution in [2.45, 2.75) is 52.8 Å². The third-order valence-corrected chi connectivity index (χ3v) is 3.77. The SMILES string of the molecule is CCn1nc(C)c(CNC(=O)NCC2CCCO2)c1C. The first-order chi connectivity index (χ1) is 9.61. The van der Waals surface area contributed by atoms with E-state index in [0.717, 1.165) is 42.9 Å². The number of hydrogen-bond donors (Lipinski definition) is 2. The Kier molecular flexibility index (Phi) is 5.00. The number of carbonyl (C=O) groups is 1. The summed E-state index contributed by atoms with van der Waals surface area (Å²) in [5, 5.41) is 10.2. The second-order valence-electron chi connectivity index (χ2n) is 5.16. The number of aromatic nitrogens is 2. The van der Waals surface area contributed by atoms with Crippen LogP contribution in [0, 0.1) is 13.8 Å². The molecule has 1 atom stereocenters. The zero-order valence-corrected chi connectivity index (χ0v) is 12.5. The molecular weight excluding hydrogens is 256 g/mol. The van der Waals surface area contributed by atoms with Crippen LogP contribution in [0.4, 0.5) is 4.79 Å². The summed E-state index contributed by atoms with van der Waals surface area (Å²) in [6.45, 7) is 8.81. The number of amides is 2. The van der Waals surface area contributed by atoms with Gasteiger partial charge in [-0.25, -0.2) is 4.79 Å². The van der Waals surface area contributed by atoms with Crippen LogP contribution in [0.1, 0.15) is 36.7 Å². The molecule has 6 nitrogen and oxygen atoms in total. The van der Waals surface area contributed by atoms with Crippen molar-refractivity contribution >= 4 is 6.03 Å². The Labute approximate surface area is 119 Å². The number of hydrogen-bond acceptors (Lipinski definition) is 3. The van der Waals surface area contributed by atoms with Gasteiger partial charge in [0.1, 0.15) is 0 Å². The molecule has 0 spiro atoms. The van der Waals surface area contributed by atoms with Gasteiger partial charge in [0, 0.05) is 37.5 Å².